The van der Waals surface area contributed by atoms with Crippen LogP contribution in [0.1, 0.15) is 37.4 Å². The van der Waals surface area contributed by atoms with Gasteiger partial charge in [0.15, 0.2) is 0 Å². The summed E-state index contributed by atoms with van der Waals surface area (Å²) in [7, 11) is 0. The highest BCUT2D eigenvalue weighted by Gasteiger charge is 2.30. The van der Waals surface area contributed by atoms with E-state index in [1.165, 1.54) is 23.2 Å². The average Bonchev–Trinajstić information content (AvgIpc) is 2.99. The summed E-state index contributed by atoms with van der Waals surface area (Å²) < 4.78 is 0. The minimum atomic E-state index is -1.26. The number of fused-ring (bicyclic) bond motifs is 1. The number of nitrogens with zero attached hydrogens (tertiary/aromatic N) is 2. The van der Waals surface area contributed by atoms with Crippen LogP contribution in [0.2, 0.25) is 0 Å². The van der Waals surface area contributed by atoms with E-state index in [4.69, 9.17) is 10.2 Å². The number of carbonyl (C=O) groups is 2. The van der Waals surface area contributed by atoms with Crippen LogP contribution in [0, 0.1) is 5.92 Å². The summed E-state index contributed by atoms with van der Waals surface area (Å²) in [6.07, 6.45) is 6.07. The number of aliphatic carboxylic acids is 2. The fourth-order valence-electron chi connectivity index (χ4n) is 3.11. The molecule has 2 heterocycles. The molecule has 3 rings (SSSR count). The van der Waals surface area contributed by atoms with Crippen LogP contribution in [0.25, 0.3) is 0 Å². The second kappa shape index (κ2) is 9.52. The van der Waals surface area contributed by atoms with Gasteiger partial charge in [-0.3, -0.25) is 4.98 Å². The molecule has 0 spiro atoms. The van der Waals surface area contributed by atoms with Crippen LogP contribution >= 0.6 is 0 Å². The Hall–Kier alpha value is -3.15. The summed E-state index contributed by atoms with van der Waals surface area (Å²) in [5.41, 5.74) is 4.23. The fraction of sp³-hybridized carbons (Fsp3) is 0.286. The maximum absolute atomic E-state index is 9.55. The monoisotopic (exact) mass is 368 g/mol. The molecule has 1 aromatic heterocycles. The highest BCUT2D eigenvalue weighted by Crippen LogP contribution is 2.40. The number of anilines is 1. The number of hydrogen-bond acceptors (Lipinski definition) is 4. The number of aromatic nitrogens is 1. The van der Waals surface area contributed by atoms with Crippen LogP contribution in [0.3, 0.4) is 0 Å². The topological polar surface area (TPSA) is 90.7 Å². The van der Waals surface area contributed by atoms with Crippen molar-refractivity contribution in [2.75, 3.05) is 4.90 Å². The molecule has 1 aliphatic heterocycles. The summed E-state index contributed by atoms with van der Waals surface area (Å²) in [6.45, 7) is 5.61. The zero-order valence-electron chi connectivity index (χ0n) is 15.4. The average molecular weight is 368 g/mol. The van der Waals surface area contributed by atoms with E-state index in [9.17, 15) is 9.59 Å². The molecule has 0 amide bonds. The van der Waals surface area contributed by atoms with E-state index in [0.29, 0.717) is 24.1 Å². The molecule has 142 valence electrons. The minimum Gasteiger partial charge on any atom is -0.478 e. The van der Waals surface area contributed by atoms with E-state index < -0.39 is 11.9 Å². The summed E-state index contributed by atoms with van der Waals surface area (Å²) >= 11 is 0. The first-order valence-corrected chi connectivity index (χ1v) is 8.77. The van der Waals surface area contributed by atoms with Crippen molar-refractivity contribution in [1.29, 1.82) is 0 Å². The molecule has 1 atom stereocenters. The standard InChI is InChI=1S/C17H20N2.C4H4O4/c1-13(2)11-17-16-6-4-3-5-14(16)12-19(17)15-7-9-18-10-8-15;5-3(6)1-2-4(7)8/h3-10,13,17H,11-12H2,1-2H3;1-2H,(H,5,6)(H,7,8)/b;2-1-. The molecular formula is C21H24N2O4. The largest absolute Gasteiger partial charge is 0.478 e. The van der Waals surface area contributed by atoms with E-state index in [1.54, 1.807) is 0 Å². The quantitative estimate of drug-likeness (QED) is 0.778. The lowest BCUT2D eigenvalue weighted by atomic mass is 9.96. The Morgan fingerprint density at radius 3 is 2.26 bits per heavy atom. The van der Waals surface area contributed by atoms with Crippen molar-refractivity contribution in [3.8, 4) is 0 Å². The van der Waals surface area contributed by atoms with Crippen molar-refractivity contribution in [3.05, 3.63) is 72.1 Å². The molecule has 0 aliphatic carbocycles. The van der Waals surface area contributed by atoms with Gasteiger partial charge in [0.05, 0.1) is 6.04 Å². The predicted octanol–water partition coefficient (Wildman–Crippen LogP) is 3.90. The molecule has 0 radical (unpaired) electrons. The Bertz CT molecular complexity index is 787. The molecule has 0 fully saturated rings. The Labute approximate surface area is 158 Å². The summed E-state index contributed by atoms with van der Waals surface area (Å²) in [5, 5.41) is 15.6. The van der Waals surface area contributed by atoms with Crippen LogP contribution in [0.15, 0.2) is 60.9 Å². The number of benzene rings is 1. The number of carboxylic acids is 2. The summed E-state index contributed by atoms with van der Waals surface area (Å²) in [6, 6.07) is 13.5. The highest BCUT2D eigenvalue weighted by atomic mass is 16.4. The molecule has 6 heteroatoms. The Morgan fingerprint density at radius 2 is 1.70 bits per heavy atom. The zero-order chi connectivity index (χ0) is 19.8. The Balaban J connectivity index is 0.000000279. The van der Waals surface area contributed by atoms with Gasteiger partial charge in [0.2, 0.25) is 0 Å². The van der Waals surface area contributed by atoms with Gasteiger partial charge < -0.3 is 15.1 Å². The lowest BCUT2D eigenvalue weighted by molar-refractivity contribution is -0.134. The van der Waals surface area contributed by atoms with Gasteiger partial charge in [-0.25, -0.2) is 9.59 Å². The molecule has 0 saturated heterocycles. The Morgan fingerprint density at radius 1 is 1.11 bits per heavy atom. The third kappa shape index (κ3) is 5.95. The van der Waals surface area contributed by atoms with Crippen LogP contribution in [-0.2, 0) is 16.1 Å². The van der Waals surface area contributed by atoms with Crippen LogP contribution in [0.5, 0.6) is 0 Å². The van der Waals surface area contributed by atoms with E-state index in [1.807, 2.05) is 12.4 Å². The first kappa shape index (κ1) is 20.2. The van der Waals surface area contributed by atoms with Crippen molar-refractivity contribution in [1.82, 2.24) is 4.98 Å². The van der Waals surface area contributed by atoms with Crippen LogP contribution < -0.4 is 4.90 Å². The van der Waals surface area contributed by atoms with E-state index >= 15 is 0 Å². The van der Waals surface area contributed by atoms with Crippen molar-refractivity contribution < 1.29 is 19.8 Å². The van der Waals surface area contributed by atoms with Gasteiger partial charge in [-0.05, 0) is 35.6 Å². The number of pyridine rings is 1. The van der Waals surface area contributed by atoms with Crippen molar-refractivity contribution >= 4 is 17.6 Å². The molecule has 0 bridgehead atoms. The lowest BCUT2D eigenvalue weighted by Crippen LogP contribution is -2.22. The molecule has 2 N–H and O–H groups in total. The molecule has 6 nitrogen and oxygen atoms in total. The second-order valence-corrected chi connectivity index (χ2v) is 6.69. The molecule has 0 saturated carbocycles. The molecule has 2 aromatic rings. The van der Waals surface area contributed by atoms with E-state index in [2.05, 4.69) is 60.1 Å². The molecule has 1 aliphatic rings. The minimum absolute atomic E-state index is 0.499. The van der Waals surface area contributed by atoms with Gasteiger partial charge in [0, 0.05) is 36.8 Å². The molecule has 1 aromatic carbocycles. The zero-order valence-corrected chi connectivity index (χ0v) is 15.4. The van der Waals surface area contributed by atoms with Gasteiger partial charge in [0.1, 0.15) is 0 Å². The van der Waals surface area contributed by atoms with E-state index in [0.717, 1.165) is 6.54 Å². The first-order valence-electron chi connectivity index (χ1n) is 8.77. The SMILES string of the molecule is CC(C)CC1c2ccccc2CN1c1ccncc1.O=C(O)/C=C\C(=O)O. The maximum atomic E-state index is 9.55. The lowest BCUT2D eigenvalue weighted by Gasteiger charge is -2.28. The molecular weight excluding hydrogens is 344 g/mol. The van der Waals surface area contributed by atoms with Gasteiger partial charge in [0.25, 0.3) is 0 Å². The third-order valence-corrected chi connectivity index (χ3v) is 4.19. The predicted molar refractivity (Wildman–Crippen MR) is 103 cm³/mol. The van der Waals surface area contributed by atoms with Crippen LogP contribution in [-0.4, -0.2) is 27.1 Å². The van der Waals surface area contributed by atoms with Crippen molar-refractivity contribution in [2.45, 2.75) is 32.9 Å². The fourth-order valence-corrected chi connectivity index (χ4v) is 3.11. The number of hydrogen-bond donors (Lipinski definition) is 2. The smallest absolute Gasteiger partial charge is 0.328 e. The van der Waals surface area contributed by atoms with Crippen molar-refractivity contribution in [3.63, 3.8) is 0 Å². The normalized spacial score (nSPS) is 15.4. The van der Waals surface area contributed by atoms with Gasteiger partial charge in [-0.15, -0.1) is 0 Å². The Kier molecular flexibility index (Phi) is 7.11. The summed E-state index contributed by atoms with van der Waals surface area (Å²) in [4.78, 5) is 25.7. The second-order valence-electron chi connectivity index (χ2n) is 6.69. The van der Waals surface area contributed by atoms with Gasteiger partial charge in [-0.2, -0.15) is 0 Å². The molecule has 1 unspecified atom stereocenters. The highest BCUT2D eigenvalue weighted by molar-refractivity contribution is 5.89. The van der Waals surface area contributed by atoms with Gasteiger partial charge in [-0.1, -0.05) is 38.1 Å². The first-order chi connectivity index (χ1) is 12.9. The van der Waals surface area contributed by atoms with Crippen LogP contribution in [0.4, 0.5) is 5.69 Å². The summed E-state index contributed by atoms with van der Waals surface area (Å²) in [5.74, 6) is -1.82. The van der Waals surface area contributed by atoms with E-state index in [-0.39, 0.29) is 0 Å². The number of rotatable bonds is 5. The van der Waals surface area contributed by atoms with Gasteiger partial charge >= 0.3 is 11.9 Å². The maximum Gasteiger partial charge on any atom is 0.328 e. The molecule has 27 heavy (non-hydrogen) atoms. The number of carboxylic acid groups (broad SMARTS) is 2. The van der Waals surface area contributed by atoms with Crippen molar-refractivity contribution in [2.24, 2.45) is 5.92 Å². The third-order valence-electron chi connectivity index (χ3n) is 4.19.